The lowest BCUT2D eigenvalue weighted by atomic mass is 10.1. The maximum atomic E-state index is 12.8. The normalized spacial score (nSPS) is 11.4. The predicted octanol–water partition coefficient (Wildman–Crippen LogP) is 3.00. The molecule has 0 saturated carbocycles. The lowest BCUT2D eigenvalue weighted by Crippen LogP contribution is -2.48. The molecule has 0 fully saturated rings. The second-order valence-electron chi connectivity index (χ2n) is 5.91. The van der Waals surface area contributed by atoms with Crippen LogP contribution in [-0.4, -0.2) is 43.5 Å². The summed E-state index contributed by atoms with van der Waals surface area (Å²) in [6, 6.07) is 14.0. The van der Waals surface area contributed by atoms with E-state index in [9.17, 15) is 9.59 Å². The molecule has 0 radical (unpaired) electrons. The molecule has 6 nitrogen and oxygen atoms in total. The maximum absolute atomic E-state index is 12.8. The Morgan fingerprint density at radius 3 is 2.41 bits per heavy atom. The highest BCUT2D eigenvalue weighted by atomic mass is 79.9. The quantitative estimate of drug-likeness (QED) is 0.693. The molecule has 2 aromatic rings. The van der Waals surface area contributed by atoms with Gasteiger partial charge in [0.05, 0.1) is 7.11 Å². The van der Waals surface area contributed by atoms with Gasteiger partial charge in [0.15, 0.2) is 6.61 Å². The van der Waals surface area contributed by atoms with Crippen LogP contribution in [0.3, 0.4) is 0 Å². The minimum absolute atomic E-state index is 0.165. The van der Waals surface area contributed by atoms with E-state index in [0.717, 1.165) is 10.0 Å². The Bertz CT molecular complexity index is 780. The standard InChI is InChI=1S/C20H23BrN2O4/c1-14(20(25)22-2)23(12-15-5-4-6-16(21)11-15)19(24)13-27-18-9-7-17(26-3)8-10-18/h4-11,14H,12-13H2,1-3H3,(H,22,25)/t14-/m0/s1. The number of carbonyl (C=O) groups excluding carboxylic acids is 2. The Morgan fingerprint density at radius 1 is 1.15 bits per heavy atom. The molecule has 0 aliphatic carbocycles. The summed E-state index contributed by atoms with van der Waals surface area (Å²) in [4.78, 5) is 26.4. The van der Waals surface area contributed by atoms with Gasteiger partial charge in [-0.25, -0.2) is 0 Å². The van der Waals surface area contributed by atoms with Crippen molar-refractivity contribution in [3.63, 3.8) is 0 Å². The topological polar surface area (TPSA) is 67.9 Å². The van der Waals surface area contributed by atoms with Gasteiger partial charge >= 0.3 is 0 Å². The van der Waals surface area contributed by atoms with Crippen molar-refractivity contribution in [2.75, 3.05) is 20.8 Å². The number of rotatable bonds is 8. The van der Waals surface area contributed by atoms with Gasteiger partial charge in [-0.15, -0.1) is 0 Å². The van der Waals surface area contributed by atoms with Crippen LogP contribution >= 0.6 is 15.9 Å². The number of nitrogens with one attached hydrogen (secondary N) is 1. The molecule has 1 N–H and O–H groups in total. The lowest BCUT2D eigenvalue weighted by molar-refractivity contribution is -0.142. The van der Waals surface area contributed by atoms with Crippen LogP contribution in [0.1, 0.15) is 12.5 Å². The fraction of sp³-hybridized carbons (Fsp3) is 0.300. The molecule has 0 bridgehead atoms. The van der Waals surface area contributed by atoms with Crippen molar-refractivity contribution in [1.29, 1.82) is 0 Å². The monoisotopic (exact) mass is 434 g/mol. The molecule has 2 amide bonds. The Morgan fingerprint density at radius 2 is 1.81 bits per heavy atom. The van der Waals surface area contributed by atoms with Gasteiger partial charge in [-0.2, -0.15) is 0 Å². The van der Waals surface area contributed by atoms with Crippen LogP contribution in [0.2, 0.25) is 0 Å². The molecule has 1 atom stereocenters. The molecule has 0 spiro atoms. The summed E-state index contributed by atoms with van der Waals surface area (Å²) in [5.41, 5.74) is 0.915. The number of amides is 2. The molecule has 7 heteroatoms. The van der Waals surface area contributed by atoms with Gasteiger partial charge in [-0.3, -0.25) is 9.59 Å². The zero-order valence-corrected chi connectivity index (χ0v) is 17.2. The van der Waals surface area contributed by atoms with E-state index in [-0.39, 0.29) is 18.4 Å². The first-order valence-corrected chi connectivity index (χ1v) is 9.26. The molecule has 2 rings (SSSR count). The number of hydrogen-bond donors (Lipinski definition) is 1. The van der Waals surface area contributed by atoms with Crippen molar-refractivity contribution in [1.82, 2.24) is 10.2 Å². The van der Waals surface area contributed by atoms with Crippen LogP contribution in [0.4, 0.5) is 0 Å². The smallest absolute Gasteiger partial charge is 0.261 e. The largest absolute Gasteiger partial charge is 0.497 e. The molecule has 144 valence electrons. The molecule has 0 unspecified atom stereocenters. The van der Waals surface area contributed by atoms with E-state index in [1.165, 1.54) is 4.90 Å². The second kappa shape index (κ2) is 9.97. The highest BCUT2D eigenvalue weighted by Gasteiger charge is 2.25. The summed E-state index contributed by atoms with van der Waals surface area (Å²) in [7, 11) is 3.13. The number of nitrogens with zero attached hydrogens (tertiary/aromatic N) is 1. The molecule has 0 aromatic heterocycles. The summed E-state index contributed by atoms with van der Waals surface area (Å²) in [5.74, 6) is 0.752. The van der Waals surface area contributed by atoms with Crippen molar-refractivity contribution < 1.29 is 19.1 Å². The molecule has 0 aliphatic rings. The number of carbonyl (C=O) groups is 2. The maximum Gasteiger partial charge on any atom is 0.261 e. The van der Waals surface area contributed by atoms with Crippen LogP contribution < -0.4 is 14.8 Å². The van der Waals surface area contributed by atoms with Crippen molar-refractivity contribution in [3.8, 4) is 11.5 Å². The number of hydrogen-bond acceptors (Lipinski definition) is 4. The minimum atomic E-state index is -0.624. The lowest BCUT2D eigenvalue weighted by Gasteiger charge is -2.28. The Balaban J connectivity index is 2.10. The van der Waals surface area contributed by atoms with Crippen LogP contribution in [-0.2, 0) is 16.1 Å². The minimum Gasteiger partial charge on any atom is -0.497 e. The highest BCUT2D eigenvalue weighted by molar-refractivity contribution is 9.10. The second-order valence-corrected chi connectivity index (χ2v) is 6.82. The first kappa shape index (κ1) is 20.8. The van der Waals surface area contributed by atoms with E-state index in [1.54, 1.807) is 45.3 Å². The van der Waals surface area contributed by atoms with Gasteiger partial charge in [-0.1, -0.05) is 28.1 Å². The third-order valence-corrected chi connectivity index (χ3v) is 4.57. The summed E-state index contributed by atoms with van der Waals surface area (Å²) in [6.07, 6.45) is 0. The van der Waals surface area contributed by atoms with Crippen molar-refractivity contribution in [2.45, 2.75) is 19.5 Å². The van der Waals surface area contributed by atoms with Crippen molar-refractivity contribution in [3.05, 3.63) is 58.6 Å². The molecule has 0 saturated heterocycles. The number of likely N-dealkylation sites (N-methyl/N-ethyl adjacent to an activating group) is 1. The average molecular weight is 435 g/mol. The summed E-state index contributed by atoms with van der Waals surface area (Å²) < 4.78 is 11.6. The fourth-order valence-electron chi connectivity index (χ4n) is 2.52. The summed E-state index contributed by atoms with van der Waals surface area (Å²) in [6.45, 7) is 1.84. The molecular weight excluding hydrogens is 412 g/mol. The molecule has 0 aliphatic heterocycles. The van der Waals surface area contributed by atoms with Gasteiger partial charge in [0.2, 0.25) is 5.91 Å². The zero-order chi connectivity index (χ0) is 19.8. The number of benzene rings is 2. The van der Waals surface area contributed by atoms with Gasteiger partial charge in [0, 0.05) is 18.1 Å². The van der Waals surface area contributed by atoms with Crippen LogP contribution in [0, 0.1) is 0 Å². The van der Waals surface area contributed by atoms with Crippen LogP contribution in [0.15, 0.2) is 53.0 Å². The first-order chi connectivity index (χ1) is 12.9. The Labute approximate surface area is 167 Å². The third kappa shape index (κ3) is 5.99. The van der Waals surface area contributed by atoms with Crippen LogP contribution in [0.25, 0.3) is 0 Å². The summed E-state index contributed by atoms with van der Waals surface area (Å²) in [5, 5.41) is 2.59. The number of methoxy groups -OCH3 is 1. The van der Waals surface area contributed by atoms with E-state index >= 15 is 0 Å². The van der Waals surface area contributed by atoms with Gasteiger partial charge in [0.25, 0.3) is 5.91 Å². The van der Waals surface area contributed by atoms with Gasteiger partial charge in [0.1, 0.15) is 17.5 Å². The highest BCUT2D eigenvalue weighted by Crippen LogP contribution is 2.18. The fourth-order valence-corrected chi connectivity index (χ4v) is 2.97. The summed E-state index contributed by atoms with van der Waals surface area (Å²) >= 11 is 3.42. The van der Waals surface area contributed by atoms with Crippen molar-refractivity contribution >= 4 is 27.7 Å². The predicted molar refractivity (Wildman–Crippen MR) is 107 cm³/mol. The third-order valence-electron chi connectivity index (χ3n) is 4.08. The molecule has 27 heavy (non-hydrogen) atoms. The average Bonchev–Trinajstić information content (AvgIpc) is 2.69. The molecule has 0 heterocycles. The van der Waals surface area contributed by atoms with E-state index in [2.05, 4.69) is 21.2 Å². The SMILES string of the molecule is CNC(=O)[C@H](C)N(Cc1cccc(Br)c1)C(=O)COc1ccc(OC)cc1. The van der Waals surface area contributed by atoms with E-state index in [1.807, 2.05) is 24.3 Å². The molecule has 2 aromatic carbocycles. The van der Waals surface area contributed by atoms with Crippen LogP contribution in [0.5, 0.6) is 11.5 Å². The first-order valence-electron chi connectivity index (χ1n) is 8.47. The molecular formula is C20H23BrN2O4. The Hall–Kier alpha value is -2.54. The van der Waals surface area contributed by atoms with E-state index < -0.39 is 6.04 Å². The number of halogens is 1. The van der Waals surface area contributed by atoms with Gasteiger partial charge < -0.3 is 19.7 Å². The van der Waals surface area contributed by atoms with Gasteiger partial charge in [-0.05, 0) is 48.9 Å². The van der Waals surface area contributed by atoms with Crippen molar-refractivity contribution in [2.24, 2.45) is 0 Å². The Kier molecular flexibility index (Phi) is 7.67. The number of ether oxygens (including phenoxy) is 2. The van der Waals surface area contributed by atoms with E-state index in [0.29, 0.717) is 18.0 Å². The zero-order valence-electron chi connectivity index (χ0n) is 15.6. The van der Waals surface area contributed by atoms with E-state index in [4.69, 9.17) is 9.47 Å².